The Bertz CT molecular complexity index is 350. The van der Waals surface area contributed by atoms with Gasteiger partial charge in [0.2, 0.25) is 5.91 Å². The summed E-state index contributed by atoms with van der Waals surface area (Å²) < 4.78 is 4.82. The van der Waals surface area contributed by atoms with Crippen LogP contribution < -0.4 is 5.32 Å². The molecule has 0 fully saturated rings. The Labute approximate surface area is 95.2 Å². The zero-order chi connectivity index (χ0) is 12.0. The smallest absolute Gasteiger partial charge is 0.226 e. The molecule has 0 saturated heterocycles. The third-order valence-electron chi connectivity index (χ3n) is 2.22. The van der Waals surface area contributed by atoms with E-state index in [2.05, 4.69) is 5.32 Å². The van der Waals surface area contributed by atoms with E-state index >= 15 is 0 Å². The summed E-state index contributed by atoms with van der Waals surface area (Å²) in [4.78, 5) is 11.5. The van der Waals surface area contributed by atoms with Crippen LogP contribution in [0.15, 0.2) is 24.3 Å². The fourth-order valence-corrected chi connectivity index (χ4v) is 1.38. The second-order valence-electron chi connectivity index (χ2n) is 3.55. The summed E-state index contributed by atoms with van der Waals surface area (Å²) in [5.74, 6) is -0.116. The molecule has 0 heterocycles. The number of aliphatic hydroxyl groups is 1. The molecule has 0 aliphatic carbocycles. The predicted octanol–water partition coefficient (Wildman–Crippen LogP) is 1.71. The van der Waals surface area contributed by atoms with E-state index in [0.29, 0.717) is 24.3 Å². The van der Waals surface area contributed by atoms with E-state index in [1.165, 1.54) is 0 Å². The number of para-hydroxylation sites is 1. The van der Waals surface area contributed by atoms with Crippen molar-refractivity contribution in [2.24, 2.45) is 0 Å². The van der Waals surface area contributed by atoms with Gasteiger partial charge in [-0.2, -0.15) is 0 Å². The van der Waals surface area contributed by atoms with Crippen molar-refractivity contribution < 1.29 is 14.6 Å². The highest BCUT2D eigenvalue weighted by Gasteiger charge is 2.09. The van der Waals surface area contributed by atoms with Gasteiger partial charge in [-0.3, -0.25) is 4.79 Å². The zero-order valence-corrected chi connectivity index (χ0v) is 9.56. The number of nitrogens with one attached hydrogen (secondary N) is 1. The monoisotopic (exact) mass is 223 g/mol. The van der Waals surface area contributed by atoms with Gasteiger partial charge in [0.05, 0.1) is 19.1 Å². The average molecular weight is 223 g/mol. The van der Waals surface area contributed by atoms with Gasteiger partial charge in [0.1, 0.15) is 0 Å². The highest BCUT2D eigenvalue weighted by Crippen LogP contribution is 2.22. The van der Waals surface area contributed by atoms with Crippen LogP contribution in [-0.4, -0.2) is 24.7 Å². The molecule has 88 valence electrons. The van der Waals surface area contributed by atoms with Crippen molar-refractivity contribution in [1.82, 2.24) is 0 Å². The van der Waals surface area contributed by atoms with Crippen molar-refractivity contribution in [3.63, 3.8) is 0 Å². The van der Waals surface area contributed by atoms with E-state index in [-0.39, 0.29) is 5.91 Å². The van der Waals surface area contributed by atoms with Crippen LogP contribution in [0.3, 0.4) is 0 Å². The fraction of sp³-hybridized carbons (Fsp3) is 0.417. The molecule has 16 heavy (non-hydrogen) atoms. The third-order valence-corrected chi connectivity index (χ3v) is 2.22. The van der Waals surface area contributed by atoms with Crippen LogP contribution in [-0.2, 0) is 9.53 Å². The van der Waals surface area contributed by atoms with Crippen molar-refractivity contribution in [3.05, 3.63) is 29.8 Å². The summed E-state index contributed by atoms with van der Waals surface area (Å²) in [6.45, 7) is 2.06. The highest BCUT2D eigenvalue weighted by atomic mass is 16.5. The van der Waals surface area contributed by atoms with Crippen LogP contribution in [0.4, 0.5) is 5.69 Å². The number of carbonyl (C=O) groups is 1. The first-order valence-electron chi connectivity index (χ1n) is 5.21. The Kier molecular flexibility index (Phi) is 4.95. The molecule has 4 nitrogen and oxygen atoms in total. The number of aliphatic hydroxyl groups excluding tert-OH is 1. The van der Waals surface area contributed by atoms with Crippen molar-refractivity contribution in [2.45, 2.75) is 19.4 Å². The summed E-state index contributed by atoms with van der Waals surface area (Å²) >= 11 is 0. The SMILES string of the molecule is COCCC(=O)Nc1ccccc1C(C)O. The Balaban J connectivity index is 2.69. The molecule has 0 aliphatic heterocycles. The molecule has 0 aromatic heterocycles. The molecular weight excluding hydrogens is 206 g/mol. The Morgan fingerprint density at radius 2 is 2.19 bits per heavy atom. The van der Waals surface area contributed by atoms with Crippen LogP contribution in [0.5, 0.6) is 0 Å². The number of hydrogen-bond donors (Lipinski definition) is 2. The van der Waals surface area contributed by atoms with Crippen molar-refractivity contribution in [1.29, 1.82) is 0 Å². The lowest BCUT2D eigenvalue weighted by Crippen LogP contribution is -2.15. The topological polar surface area (TPSA) is 58.6 Å². The Hall–Kier alpha value is -1.39. The minimum Gasteiger partial charge on any atom is -0.389 e. The maximum Gasteiger partial charge on any atom is 0.226 e. The van der Waals surface area contributed by atoms with Crippen LogP contribution in [0, 0.1) is 0 Å². The molecule has 0 aliphatic rings. The summed E-state index contributed by atoms with van der Waals surface area (Å²) in [6, 6.07) is 7.20. The van der Waals surface area contributed by atoms with Crippen LogP contribution in [0.2, 0.25) is 0 Å². The van der Waals surface area contributed by atoms with Crippen molar-refractivity contribution in [3.8, 4) is 0 Å². The average Bonchev–Trinajstić information content (AvgIpc) is 2.27. The molecule has 2 N–H and O–H groups in total. The highest BCUT2D eigenvalue weighted by molar-refractivity contribution is 5.91. The number of benzene rings is 1. The number of rotatable bonds is 5. The molecule has 1 rings (SSSR count). The quantitative estimate of drug-likeness (QED) is 0.799. The number of hydrogen-bond acceptors (Lipinski definition) is 3. The first-order valence-corrected chi connectivity index (χ1v) is 5.21. The number of ether oxygens (including phenoxy) is 1. The predicted molar refractivity (Wildman–Crippen MR) is 62.2 cm³/mol. The van der Waals surface area contributed by atoms with Gasteiger partial charge in [-0.25, -0.2) is 0 Å². The van der Waals surface area contributed by atoms with E-state index in [4.69, 9.17) is 4.74 Å². The summed E-state index contributed by atoms with van der Waals surface area (Å²) in [5, 5.41) is 12.3. The molecule has 1 aromatic carbocycles. The van der Waals surface area contributed by atoms with Gasteiger partial charge in [0, 0.05) is 18.4 Å². The molecule has 1 amide bonds. The largest absolute Gasteiger partial charge is 0.389 e. The standard InChI is InChI=1S/C12H17NO3/c1-9(14)10-5-3-4-6-11(10)13-12(15)7-8-16-2/h3-6,9,14H,7-8H2,1-2H3,(H,13,15). The number of carbonyl (C=O) groups excluding carboxylic acids is 1. The van der Waals surface area contributed by atoms with E-state index in [1.54, 1.807) is 26.2 Å². The molecule has 0 radical (unpaired) electrons. The van der Waals surface area contributed by atoms with Gasteiger partial charge in [0.25, 0.3) is 0 Å². The van der Waals surface area contributed by atoms with Gasteiger partial charge in [-0.15, -0.1) is 0 Å². The molecule has 0 spiro atoms. The van der Waals surface area contributed by atoms with Crippen LogP contribution >= 0.6 is 0 Å². The van der Waals surface area contributed by atoms with E-state index < -0.39 is 6.10 Å². The zero-order valence-electron chi connectivity index (χ0n) is 9.56. The second-order valence-corrected chi connectivity index (χ2v) is 3.55. The van der Waals surface area contributed by atoms with Gasteiger partial charge in [-0.05, 0) is 13.0 Å². The van der Waals surface area contributed by atoms with Crippen LogP contribution in [0.1, 0.15) is 25.0 Å². The Morgan fingerprint density at radius 3 is 2.81 bits per heavy atom. The molecule has 4 heteroatoms. The lowest BCUT2D eigenvalue weighted by molar-refractivity contribution is -0.117. The lowest BCUT2D eigenvalue weighted by Gasteiger charge is -2.12. The number of amides is 1. The van der Waals surface area contributed by atoms with Gasteiger partial charge >= 0.3 is 0 Å². The molecule has 1 aromatic rings. The second kappa shape index (κ2) is 6.25. The first kappa shape index (κ1) is 12.7. The maximum absolute atomic E-state index is 11.5. The first-order chi connectivity index (χ1) is 7.65. The molecule has 1 atom stereocenters. The molecule has 1 unspecified atom stereocenters. The summed E-state index contributed by atoms with van der Waals surface area (Å²) in [6.07, 6.45) is -0.288. The lowest BCUT2D eigenvalue weighted by atomic mass is 10.1. The van der Waals surface area contributed by atoms with E-state index in [1.807, 2.05) is 12.1 Å². The van der Waals surface area contributed by atoms with Crippen LogP contribution in [0.25, 0.3) is 0 Å². The van der Waals surface area contributed by atoms with Gasteiger partial charge < -0.3 is 15.2 Å². The number of methoxy groups -OCH3 is 1. The molecule has 0 saturated carbocycles. The van der Waals surface area contributed by atoms with E-state index in [9.17, 15) is 9.90 Å². The van der Waals surface area contributed by atoms with Gasteiger partial charge in [-0.1, -0.05) is 18.2 Å². The summed E-state index contributed by atoms with van der Waals surface area (Å²) in [7, 11) is 1.55. The number of anilines is 1. The minimum atomic E-state index is -0.598. The van der Waals surface area contributed by atoms with Crippen molar-refractivity contribution in [2.75, 3.05) is 19.0 Å². The maximum atomic E-state index is 11.5. The van der Waals surface area contributed by atoms with Crippen molar-refractivity contribution >= 4 is 11.6 Å². The summed E-state index contributed by atoms with van der Waals surface area (Å²) in [5.41, 5.74) is 1.37. The normalized spacial score (nSPS) is 12.2. The molecular formula is C12H17NO3. The fourth-order valence-electron chi connectivity index (χ4n) is 1.38. The van der Waals surface area contributed by atoms with E-state index in [0.717, 1.165) is 0 Å². The Morgan fingerprint density at radius 1 is 1.50 bits per heavy atom. The minimum absolute atomic E-state index is 0.116. The molecule has 0 bridgehead atoms. The van der Waals surface area contributed by atoms with Gasteiger partial charge in [0.15, 0.2) is 0 Å². The third kappa shape index (κ3) is 3.64.